The van der Waals surface area contributed by atoms with E-state index in [1.807, 2.05) is 20.8 Å². The number of nitrogens with zero attached hydrogens (tertiary/aromatic N) is 4. The van der Waals surface area contributed by atoms with Crippen molar-refractivity contribution >= 4 is 16.3 Å². The molecule has 3 unspecified atom stereocenters. The van der Waals surface area contributed by atoms with Gasteiger partial charge in [-0.2, -0.15) is 4.52 Å². The number of halogens is 1. The second-order valence-electron chi connectivity index (χ2n) is 7.03. The monoisotopic (exact) mass is 390 g/mol. The lowest BCUT2D eigenvalue weighted by Crippen LogP contribution is -2.47. The quantitative estimate of drug-likeness (QED) is 0.740. The number of benzene rings is 1. The van der Waals surface area contributed by atoms with E-state index in [1.165, 1.54) is 28.0 Å². The Morgan fingerprint density at radius 2 is 1.93 bits per heavy atom. The number of fused-ring (bicyclic) bond motifs is 1. The fourth-order valence-corrected chi connectivity index (χ4v) is 4.86. The molecule has 3 heterocycles. The van der Waals surface area contributed by atoms with Crippen molar-refractivity contribution in [3.8, 4) is 5.88 Å². The van der Waals surface area contributed by atoms with Crippen LogP contribution in [0, 0.1) is 5.82 Å². The van der Waals surface area contributed by atoms with E-state index in [0.29, 0.717) is 17.2 Å². The van der Waals surface area contributed by atoms with E-state index < -0.39 is 0 Å². The Bertz CT molecular complexity index is 929. The van der Waals surface area contributed by atoms with Crippen molar-refractivity contribution in [2.75, 3.05) is 13.1 Å². The van der Waals surface area contributed by atoms with Crippen LogP contribution in [0.1, 0.15) is 43.1 Å². The van der Waals surface area contributed by atoms with Gasteiger partial charge in [-0.05, 0) is 31.5 Å². The van der Waals surface area contributed by atoms with Crippen LogP contribution in [0.5, 0.6) is 5.88 Å². The highest BCUT2D eigenvalue weighted by Crippen LogP contribution is 2.40. The fraction of sp³-hybridized carbons (Fsp3) is 0.474. The maximum atomic E-state index is 13.5. The number of rotatable bonds is 4. The molecule has 1 fully saturated rings. The highest BCUT2D eigenvalue weighted by molar-refractivity contribution is 7.17. The lowest BCUT2D eigenvalue weighted by atomic mass is 10.0. The van der Waals surface area contributed by atoms with Crippen LogP contribution in [-0.4, -0.2) is 49.9 Å². The largest absolute Gasteiger partial charge is 0.492 e. The number of morpholine rings is 1. The molecule has 3 atom stereocenters. The predicted octanol–water partition coefficient (Wildman–Crippen LogP) is 3.40. The van der Waals surface area contributed by atoms with Crippen LogP contribution in [0.15, 0.2) is 24.3 Å². The summed E-state index contributed by atoms with van der Waals surface area (Å²) in [7, 11) is 0. The zero-order valence-corrected chi connectivity index (χ0v) is 16.4. The summed E-state index contributed by atoms with van der Waals surface area (Å²) >= 11 is 1.43. The Labute approximate surface area is 161 Å². The van der Waals surface area contributed by atoms with Crippen molar-refractivity contribution in [3.63, 3.8) is 0 Å². The second-order valence-corrected chi connectivity index (χ2v) is 8.04. The third-order valence-electron chi connectivity index (χ3n) is 4.81. The van der Waals surface area contributed by atoms with Crippen molar-refractivity contribution in [2.24, 2.45) is 0 Å². The van der Waals surface area contributed by atoms with Gasteiger partial charge in [0.25, 0.3) is 0 Å². The molecule has 0 spiro atoms. The molecule has 144 valence electrons. The first-order valence-electron chi connectivity index (χ1n) is 9.18. The molecule has 1 aliphatic rings. The molecule has 0 bridgehead atoms. The smallest absolute Gasteiger partial charge is 0.230 e. The molecule has 1 aliphatic heterocycles. The van der Waals surface area contributed by atoms with Gasteiger partial charge in [0.2, 0.25) is 10.8 Å². The Balaban J connectivity index is 1.81. The molecule has 1 N–H and O–H groups in total. The van der Waals surface area contributed by atoms with Gasteiger partial charge < -0.3 is 9.84 Å². The lowest BCUT2D eigenvalue weighted by Gasteiger charge is -2.40. The molecule has 27 heavy (non-hydrogen) atoms. The van der Waals surface area contributed by atoms with Crippen molar-refractivity contribution in [1.29, 1.82) is 0 Å². The number of aromatic hydroxyl groups is 1. The third-order valence-corrected chi connectivity index (χ3v) is 5.88. The van der Waals surface area contributed by atoms with E-state index in [9.17, 15) is 9.50 Å². The Morgan fingerprint density at radius 1 is 1.26 bits per heavy atom. The van der Waals surface area contributed by atoms with Gasteiger partial charge in [0.05, 0.1) is 23.1 Å². The van der Waals surface area contributed by atoms with E-state index in [2.05, 4.69) is 15.0 Å². The van der Waals surface area contributed by atoms with Crippen molar-refractivity contribution < 1.29 is 14.2 Å². The molecule has 1 saturated heterocycles. The second kappa shape index (κ2) is 7.18. The maximum Gasteiger partial charge on any atom is 0.230 e. The average Bonchev–Trinajstić information content (AvgIpc) is 3.16. The molecule has 8 heteroatoms. The molecule has 2 aromatic heterocycles. The predicted molar refractivity (Wildman–Crippen MR) is 102 cm³/mol. The summed E-state index contributed by atoms with van der Waals surface area (Å²) in [5.41, 5.74) is 0.924. The molecule has 4 rings (SSSR count). The molecular weight excluding hydrogens is 367 g/mol. The molecular formula is C19H23FN4O2S. The molecule has 0 radical (unpaired) electrons. The van der Waals surface area contributed by atoms with E-state index >= 15 is 0 Å². The van der Waals surface area contributed by atoms with Crippen LogP contribution in [0.4, 0.5) is 4.39 Å². The maximum absolute atomic E-state index is 13.5. The summed E-state index contributed by atoms with van der Waals surface area (Å²) < 4.78 is 20.9. The Hall–Kier alpha value is -2.03. The normalized spacial score (nSPS) is 22.4. The van der Waals surface area contributed by atoms with Crippen molar-refractivity contribution in [3.05, 3.63) is 46.3 Å². The van der Waals surface area contributed by atoms with Crippen molar-refractivity contribution in [1.82, 2.24) is 19.5 Å². The van der Waals surface area contributed by atoms with E-state index in [-0.39, 0.29) is 29.9 Å². The summed E-state index contributed by atoms with van der Waals surface area (Å²) in [6.07, 6.45) is 0.865. The summed E-state index contributed by atoms with van der Waals surface area (Å²) in [5.74, 6) is 0.527. The van der Waals surface area contributed by atoms with Crippen LogP contribution in [-0.2, 0) is 11.2 Å². The summed E-state index contributed by atoms with van der Waals surface area (Å²) in [5, 5.41) is 15.3. The van der Waals surface area contributed by atoms with Gasteiger partial charge in [-0.1, -0.05) is 30.4 Å². The highest BCUT2D eigenvalue weighted by Gasteiger charge is 2.34. The van der Waals surface area contributed by atoms with E-state index in [4.69, 9.17) is 4.74 Å². The van der Waals surface area contributed by atoms with E-state index in [0.717, 1.165) is 23.5 Å². The molecule has 3 aromatic rings. The van der Waals surface area contributed by atoms with E-state index in [1.54, 1.807) is 12.1 Å². The summed E-state index contributed by atoms with van der Waals surface area (Å²) in [4.78, 5) is 8.19. The number of aromatic nitrogens is 3. The van der Waals surface area contributed by atoms with Gasteiger partial charge in [0, 0.05) is 19.5 Å². The van der Waals surface area contributed by atoms with Gasteiger partial charge in [0.15, 0.2) is 5.82 Å². The Morgan fingerprint density at radius 3 is 2.52 bits per heavy atom. The minimum atomic E-state index is -0.277. The minimum absolute atomic E-state index is 0.0766. The number of ether oxygens (including phenoxy) is 1. The van der Waals surface area contributed by atoms with Crippen LogP contribution in [0.2, 0.25) is 0 Å². The average molecular weight is 390 g/mol. The molecule has 0 saturated carbocycles. The van der Waals surface area contributed by atoms with Crippen LogP contribution in [0.25, 0.3) is 4.96 Å². The van der Waals surface area contributed by atoms with Gasteiger partial charge in [-0.25, -0.2) is 9.37 Å². The SMILES string of the molecule is CCc1nc2sc(C(c3ccc(F)cc3)N3CC(C)OC(C)C3)c(O)n2n1. The molecule has 0 aliphatic carbocycles. The lowest BCUT2D eigenvalue weighted by molar-refractivity contribution is -0.0764. The van der Waals surface area contributed by atoms with Gasteiger partial charge >= 0.3 is 0 Å². The highest BCUT2D eigenvalue weighted by atomic mass is 32.1. The fourth-order valence-electron chi connectivity index (χ4n) is 3.72. The first-order chi connectivity index (χ1) is 13.0. The Kier molecular flexibility index (Phi) is 4.88. The summed E-state index contributed by atoms with van der Waals surface area (Å²) in [6.45, 7) is 7.51. The van der Waals surface area contributed by atoms with Crippen molar-refractivity contribution in [2.45, 2.75) is 45.4 Å². The third kappa shape index (κ3) is 3.44. The number of hydrogen-bond acceptors (Lipinski definition) is 6. The standard InChI is InChI=1S/C19H23FN4O2S/c1-4-15-21-19-24(22-15)18(25)17(27-19)16(13-5-7-14(20)8-6-13)23-9-11(2)26-12(3)10-23/h5-8,11-12,16,25H,4,9-10H2,1-3H3. The zero-order valence-electron chi connectivity index (χ0n) is 15.6. The number of hydrogen-bond donors (Lipinski definition) is 1. The number of aryl methyl sites for hydroxylation is 1. The number of thiazole rings is 1. The zero-order chi connectivity index (χ0) is 19.1. The van der Waals surface area contributed by atoms with Gasteiger partial charge in [-0.3, -0.25) is 4.90 Å². The van der Waals surface area contributed by atoms with Gasteiger partial charge in [0.1, 0.15) is 5.82 Å². The topological polar surface area (TPSA) is 62.9 Å². The summed E-state index contributed by atoms with van der Waals surface area (Å²) in [6, 6.07) is 6.25. The van der Waals surface area contributed by atoms with Crippen LogP contribution < -0.4 is 0 Å². The molecule has 0 amide bonds. The molecule has 1 aromatic carbocycles. The minimum Gasteiger partial charge on any atom is -0.492 e. The first-order valence-corrected chi connectivity index (χ1v) is 10.00. The first kappa shape index (κ1) is 18.3. The molecule has 6 nitrogen and oxygen atoms in total. The van der Waals surface area contributed by atoms with Crippen LogP contribution in [0.3, 0.4) is 0 Å². The van der Waals surface area contributed by atoms with Gasteiger partial charge in [-0.15, -0.1) is 5.10 Å². The van der Waals surface area contributed by atoms with Crippen LogP contribution >= 0.6 is 11.3 Å².